The largest absolute Gasteiger partial charge is 0.494 e. The van der Waals surface area contributed by atoms with E-state index in [-0.39, 0.29) is 0 Å². The second-order valence-electron chi connectivity index (χ2n) is 5.64. The van der Waals surface area contributed by atoms with Gasteiger partial charge in [-0.1, -0.05) is 12.1 Å². The van der Waals surface area contributed by atoms with E-state index in [9.17, 15) is 0 Å². The first-order valence-electron chi connectivity index (χ1n) is 7.92. The number of ether oxygens (including phenoxy) is 1. The molecule has 6 nitrogen and oxygen atoms in total. The topological polar surface area (TPSA) is 65.7 Å². The number of methoxy groups -OCH3 is 1. The molecule has 0 unspecified atom stereocenters. The van der Waals surface area contributed by atoms with E-state index in [1.165, 1.54) is 0 Å². The smallest absolute Gasteiger partial charge is 0.206 e. The monoisotopic (exact) mass is 361 g/mol. The van der Waals surface area contributed by atoms with Crippen LogP contribution < -0.4 is 4.74 Å². The molecule has 0 aliphatic carbocycles. The van der Waals surface area contributed by atoms with Gasteiger partial charge in [0, 0.05) is 35.9 Å². The fourth-order valence-corrected chi connectivity index (χ4v) is 3.24. The number of aryl methyl sites for hydroxylation is 2. The lowest BCUT2D eigenvalue weighted by atomic mass is 10.2. The van der Waals surface area contributed by atoms with Gasteiger partial charge in [-0.15, -0.1) is 11.3 Å². The first-order valence-corrected chi connectivity index (χ1v) is 8.80. The van der Waals surface area contributed by atoms with Crippen LogP contribution in [0.25, 0.3) is 21.6 Å². The molecule has 0 atom stereocenters. The van der Waals surface area contributed by atoms with Crippen molar-refractivity contribution in [2.75, 3.05) is 7.11 Å². The molecule has 1 aromatic carbocycles. The molecule has 0 amide bonds. The Labute approximate surface area is 154 Å². The van der Waals surface area contributed by atoms with E-state index < -0.39 is 0 Å². The number of hydrogen-bond donors (Lipinski definition) is 0. The molecule has 0 saturated carbocycles. The number of fused-ring (bicyclic) bond motifs is 1. The zero-order valence-electron chi connectivity index (χ0n) is 14.5. The van der Waals surface area contributed by atoms with Gasteiger partial charge in [-0.05, 0) is 24.8 Å². The Hall–Kier alpha value is -3.24. The average Bonchev–Trinajstić information content (AvgIpc) is 3.29. The number of rotatable bonds is 2. The maximum atomic E-state index is 5.40. The molecule has 3 heterocycles. The minimum atomic E-state index is 0.443. The van der Waals surface area contributed by atoms with E-state index in [0.717, 1.165) is 27.3 Å². The molecule has 26 heavy (non-hydrogen) atoms. The summed E-state index contributed by atoms with van der Waals surface area (Å²) in [5.74, 6) is 7.86. The van der Waals surface area contributed by atoms with Crippen LogP contribution in [0.3, 0.4) is 0 Å². The Balaban J connectivity index is 1.75. The Morgan fingerprint density at radius 3 is 2.81 bits per heavy atom. The summed E-state index contributed by atoms with van der Waals surface area (Å²) in [6.45, 7) is 1.94. The number of nitrogens with zero attached hydrogens (tertiary/aromatic N) is 5. The highest BCUT2D eigenvalue weighted by atomic mass is 32.1. The van der Waals surface area contributed by atoms with E-state index in [2.05, 4.69) is 31.8 Å². The van der Waals surface area contributed by atoms with E-state index in [1.54, 1.807) is 24.6 Å². The molecule has 3 aromatic heterocycles. The first-order chi connectivity index (χ1) is 12.7. The fourth-order valence-electron chi connectivity index (χ4n) is 2.65. The van der Waals surface area contributed by atoms with E-state index >= 15 is 0 Å². The fraction of sp³-hybridized carbons (Fsp3) is 0.158. The average molecular weight is 361 g/mol. The summed E-state index contributed by atoms with van der Waals surface area (Å²) in [7, 11) is 3.54. The number of hydrogen-bond acceptors (Lipinski definition) is 6. The Morgan fingerprint density at radius 1 is 1.15 bits per heavy atom. The van der Waals surface area contributed by atoms with Crippen LogP contribution >= 0.6 is 11.3 Å². The second-order valence-corrected chi connectivity index (χ2v) is 6.53. The van der Waals surface area contributed by atoms with Crippen molar-refractivity contribution >= 4 is 22.2 Å². The Bertz CT molecular complexity index is 1150. The van der Waals surface area contributed by atoms with Gasteiger partial charge >= 0.3 is 0 Å². The lowest BCUT2D eigenvalue weighted by Gasteiger charge is -2.06. The van der Waals surface area contributed by atoms with Crippen molar-refractivity contribution in [1.29, 1.82) is 0 Å². The highest BCUT2D eigenvalue weighted by Crippen LogP contribution is 2.25. The van der Waals surface area contributed by atoms with Crippen molar-refractivity contribution in [3.63, 3.8) is 0 Å². The summed E-state index contributed by atoms with van der Waals surface area (Å²) < 4.78 is 7.28. The van der Waals surface area contributed by atoms with Crippen LogP contribution in [0.4, 0.5) is 0 Å². The van der Waals surface area contributed by atoms with Gasteiger partial charge in [0.25, 0.3) is 0 Å². The van der Waals surface area contributed by atoms with Crippen molar-refractivity contribution in [2.24, 2.45) is 7.05 Å². The van der Waals surface area contributed by atoms with Crippen LogP contribution in [-0.4, -0.2) is 31.6 Å². The third-order valence-corrected chi connectivity index (χ3v) is 4.71. The molecular weight excluding hydrogens is 346 g/mol. The Kier molecular flexibility index (Phi) is 4.11. The molecule has 0 saturated heterocycles. The van der Waals surface area contributed by atoms with Crippen molar-refractivity contribution in [2.45, 2.75) is 6.92 Å². The molecule has 7 heteroatoms. The van der Waals surface area contributed by atoms with Crippen LogP contribution in [0.1, 0.15) is 17.3 Å². The van der Waals surface area contributed by atoms with Crippen LogP contribution in [0.2, 0.25) is 0 Å². The maximum Gasteiger partial charge on any atom is 0.206 e. The lowest BCUT2D eigenvalue weighted by Crippen LogP contribution is -1.97. The molecule has 0 aliphatic heterocycles. The second kappa shape index (κ2) is 6.58. The first kappa shape index (κ1) is 16.2. The maximum absolute atomic E-state index is 5.40. The van der Waals surface area contributed by atoms with Gasteiger partial charge in [0.1, 0.15) is 22.0 Å². The summed E-state index contributed by atoms with van der Waals surface area (Å²) >= 11 is 1.55. The van der Waals surface area contributed by atoms with Crippen LogP contribution in [0.15, 0.2) is 36.0 Å². The van der Waals surface area contributed by atoms with E-state index in [0.29, 0.717) is 17.4 Å². The van der Waals surface area contributed by atoms with Crippen molar-refractivity contribution < 1.29 is 4.74 Å². The highest BCUT2D eigenvalue weighted by molar-refractivity contribution is 7.13. The van der Waals surface area contributed by atoms with Gasteiger partial charge < -0.3 is 9.30 Å². The van der Waals surface area contributed by atoms with Gasteiger partial charge in [-0.3, -0.25) is 0 Å². The van der Waals surface area contributed by atoms with Crippen molar-refractivity contribution in [3.8, 4) is 28.3 Å². The van der Waals surface area contributed by atoms with Crippen molar-refractivity contribution in [1.82, 2.24) is 24.5 Å². The van der Waals surface area contributed by atoms with Gasteiger partial charge in [0.15, 0.2) is 5.82 Å². The van der Waals surface area contributed by atoms with Gasteiger partial charge in [0.05, 0.1) is 7.11 Å². The number of imidazole rings is 1. The van der Waals surface area contributed by atoms with E-state index in [1.807, 2.05) is 48.3 Å². The number of aromatic nitrogens is 5. The zero-order chi connectivity index (χ0) is 18.1. The molecule has 4 aromatic rings. The van der Waals surface area contributed by atoms with Gasteiger partial charge in [-0.25, -0.2) is 19.9 Å². The molecular formula is C19H15N5OS. The number of benzene rings is 1. The Morgan fingerprint density at radius 2 is 2.04 bits per heavy atom. The molecule has 0 spiro atoms. The third-order valence-electron chi connectivity index (χ3n) is 3.91. The molecule has 0 fully saturated rings. The minimum absolute atomic E-state index is 0.443. The summed E-state index contributed by atoms with van der Waals surface area (Å²) in [4.78, 5) is 17.9. The summed E-state index contributed by atoms with van der Waals surface area (Å²) in [6.07, 6.45) is 3.68. The molecule has 128 valence electrons. The lowest BCUT2D eigenvalue weighted by molar-refractivity contribution is 0.419. The van der Waals surface area contributed by atoms with Gasteiger partial charge in [0.2, 0.25) is 5.82 Å². The minimum Gasteiger partial charge on any atom is -0.494 e. The molecule has 0 N–H and O–H groups in total. The normalized spacial score (nSPS) is 10.6. The quantitative estimate of drug-likeness (QED) is 0.513. The molecule has 0 radical (unpaired) electrons. The number of thiazole rings is 1. The van der Waals surface area contributed by atoms with Crippen LogP contribution in [-0.2, 0) is 7.05 Å². The molecule has 0 bridgehead atoms. The van der Waals surface area contributed by atoms with Crippen LogP contribution in [0.5, 0.6) is 5.75 Å². The zero-order valence-corrected chi connectivity index (χ0v) is 15.3. The standard InChI is InChI=1S/C19H15N5OS/c1-12-13-5-4-6-15(25-3)18(13)23-16(21-12)7-8-17-22-14(11-24(17)2)19-20-9-10-26-19/h4-6,9-11H,1-3H3. The number of para-hydroxylation sites is 1. The van der Waals surface area contributed by atoms with E-state index in [4.69, 9.17) is 4.74 Å². The predicted molar refractivity (Wildman–Crippen MR) is 101 cm³/mol. The predicted octanol–water partition coefficient (Wildman–Crippen LogP) is 3.20. The van der Waals surface area contributed by atoms with Crippen molar-refractivity contribution in [3.05, 3.63) is 53.3 Å². The van der Waals surface area contributed by atoms with Crippen LogP contribution in [0, 0.1) is 18.8 Å². The summed E-state index contributed by atoms with van der Waals surface area (Å²) in [6, 6.07) is 5.78. The molecule has 0 aliphatic rings. The summed E-state index contributed by atoms with van der Waals surface area (Å²) in [5, 5.41) is 3.75. The summed E-state index contributed by atoms with van der Waals surface area (Å²) in [5.41, 5.74) is 2.43. The SMILES string of the molecule is COc1cccc2c(C)nc(C#Cc3nc(-c4nccs4)cn3C)nc12. The molecule has 4 rings (SSSR count). The van der Waals surface area contributed by atoms with Gasteiger partial charge in [-0.2, -0.15) is 0 Å². The third kappa shape index (κ3) is 2.91. The highest BCUT2D eigenvalue weighted by Gasteiger charge is 2.09.